The summed E-state index contributed by atoms with van der Waals surface area (Å²) in [6, 6.07) is 7.27. The van der Waals surface area contributed by atoms with E-state index in [0.29, 0.717) is 5.69 Å². The smallest absolute Gasteiger partial charge is 0.246 e. The second-order valence-electron chi connectivity index (χ2n) is 2.99. The zero-order chi connectivity index (χ0) is 12.0. The zero-order valence-corrected chi connectivity index (χ0v) is 10.5. The lowest BCUT2D eigenvalue weighted by Crippen LogP contribution is -2.34. The number of halogens is 1. The lowest BCUT2D eigenvalue weighted by molar-refractivity contribution is -0.126. The highest BCUT2D eigenvalue weighted by Crippen LogP contribution is 2.10. The van der Waals surface area contributed by atoms with Crippen LogP contribution in [0.5, 0.6) is 0 Å². The second-order valence-corrected chi connectivity index (χ2v) is 4.24. The van der Waals surface area contributed by atoms with Crippen molar-refractivity contribution in [3.63, 3.8) is 0 Å². The Morgan fingerprint density at radius 3 is 2.38 bits per heavy atom. The van der Waals surface area contributed by atoms with Gasteiger partial charge in [0, 0.05) is 9.26 Å². The average Bonchev–Trinajstić information content (AvgIpc) is 2.29. The van der Waals surface area contributed by atoms with Gasteiger partial charge in [0.25, 0.3) is 0 Å². The van der Waals surface area contributed by atoms with Crippen LogP contribution in [-0.2, 0) is 9.59 Å². The van der Waals surface area contributed by atoms with E-state index in [1.54, 1.807) is 12.1 Å². The fraction of sp³-hybridized carbons (Fsp3) is 0.200. The van der Waals surface area contributed by atoms with E-state index < -0.39 is 12.5 Å². The van der Waals surface area contributed by atoms with E-state index in [1.807, 2.05) is 12.1 Å². The fourth-order valence-electron chi connectivity index (χ4n) is 0.973. The van der Waals surface area contributed by atoms with E-state index in [2.05, 4.69) is 33.2 Å². The molecule has 0 aliphatic carbocycles. The fourth-order valence-corrected chi connectivity index (χ4v) is 1.33. The molecule has 1 aromatic rings. The molecule has 6 heteroatoms. The summed E-state index contributed by atoms with van der Waals surface area (Å²) in [6.45, 7) is -0.762. The maximum absolute atomic E-state index is 11.3. The van der Waals surface area contributed by atoms with Crippen molar-refractivity contribution >= 4 is 40.1 Å². The van der Waals surface area contributed by atoms with Gasteiger partial charge in [-0.05, 0) is 46.9 Å². The number of hydrogen-bond donors (Lipinski definition) is 3. The molecule has 0 fully saturated rings. The number of amides is 2. The van der Waals surface area contributed by atoms with Crippen molar-refractivity contribution in [3.05, 3.63) is 27.8 Å². The van der Waals surface area contributed by atoms with Crippen molar-refractivity contribution in [1.29, 1.82) is 0 Å². The normalized spacial score (nSPS) is 9.62. The lowest BCUT2D eigenvalue weighted by atomic mass is 10.3. The average molecular weight is 334 g/mol. The van der Waals surface area contributed by atoms with Gasteiger partial charge in [-0.3, -0.25) is 9.59 Å². The van der Waals surface area contributed by atoms with Gasteiger partial charge in [-0.2, -0.15) is 0 Å². The summed E-state index contributed by atoms with van der Waals surface area (Å²) in [5.74, 6) is -0.902. The first-order valence-corrected chi connectivity index (χ1v) is 5.62. The maximum Gasteiger partial charge on any atom is 0.246 e. The van der Waals surface area contributed by atoms with Crippen molar-refractivity contribution < 1.29 is 14.7 Å². The molecule has 0 radical (unpaired) electrons. The van der Waals surface area contributed by atoms with Crippen molar-refractivity contribution in [2.75, 3.05) is 18.5 Å². The molecule has 1 aromatic carbocycles. The molecular weight excluding hydrogens is 323 g/mol. The molecule has 0 aromatic heterocycles. The largest absolute Gasteiger partial charge is 0.387 e. The minimum absolute atomic E-state index is 0.147. The highest BCUT2D eigenvalue weighted by Gasteiger charge is 2.04. The van der Waals surface area contributed by atoms with Crippen LogP contribution in [0.2, 0.25) is 0 Å². The van der Waals surface area contributed by atoms with Crippen LogP contribution < -0.4 is 10.6 Å². The molecule has 0 aliphatic rings. The molecule has 2 amide bonds. The first kappa shape index (κ1) is 12.9. The number of hydrogen-bond acceptors (Lipinski definition) is 3. The highest BCUT2D eigenvalue weighted by molar-refractivity contribution is 14.1. The Morgan fingerprint density at radius 2 is 1.81 bits per heavy atom. The van der Waals surface area contributed by atoms with Gasteiger partial charge in [0.15, 0.2) is 0 Å². The van der Waals surface area contributed by atoms with Gasteiger partial charge in [0.1, 0.15) is 6.61 Å². The molecule has 1 rings (SSSR count). The highest BCUT2D eigenvalue weighted by atomic mass is 127. The van der Waals surface area contributed by atoms with Crippen molar-refractivity contribution in [2.24, 2.45) is 0 Å². The van der Waals surface area contributed by atoms with Crippen LogP contribution in [-0.4, -0.2) is 30.1 Å². The molecule has 0 saturated carbocycles. The van der Waals surface area contributed by atoms with Gasteiger partial charge in [0.2, 0.25) is 11.8 Å². The number of benzene rings is 1. The number of carbonyl (C=O) groups is 2. The maximum atomic E-state index is 11.3. The van der Waals surface area contributed by atoms with Crippen LogP contribution in [0.15, 0.2) is 24.3 Å². The van der Waals surface area contributed by atoms with Crippen LogP contribution in [0.4, 0.5) is 5.69 Å². The Kier molecular flexibility index (Phi) is 5.20. The minimum Gasteiger partial charge on any atom is -0.387 e. The molecule has 3 N–H and O–H groups in total. The molecule has 0 spiro atoms. The molecule has 5 nitrogen and oxygen atoms in total. The van der Waals surface area contributed by atoms with Gasteiger partial charge in [-0.1, -0.05) is 0 Å². The first-order valence-electron chi connectivity index (χ1n) is 4.55. The van der Waals surface area contributed by atoms with Crippen LogP contribution in [0.1, 0.15) is 0 Å². The predicted octanol–water partition coefficient (Wildman–Crippen LogP) is 0.338. The Balaban J connectivity index is 2.40. The Labute approximate surface area is 106 Å². The van der Waals surface area contributed by atoms with E-state index in [1.165, 1.54) is 0 Å². The summed E-state index contributed by atoms with van der Waals surface area (Å²) in [5.41, 5.74) is 0.670. The molecule has 0 aliphatic heterocycles. The minimum atomic E-state index is -0.614. The summed E-state index contributed by atoms with van der Waals surface area (Å²) >= 11 is 2.16. The number of aliphatic hydroxyl groups is 1. The molecule has 0 heterocycles. The third kappa shape index (κ3) is 4.58. The van der Waals surface area contributed by atoms with Gasteiger partial charge in [-0.25, -0.2) is 0 Å². The van der Waals surface area contributed by atoms with Gasteiger partial charge >= 0.3 is 0 Å². The Hall–Kier alpha value is -1.15. The number of anilines is 1. The zero-order valence-electron chi connectivity index (χ0n) is 8.37. The van der Waals surface area contributed by atoms with E-state index in [9.17, 15) is 9.59 Å². The quantitative estimate of drug-likeness (QED) is 0.695. The van der Waals surface area contributed by atoms with Crippen molar-refractivity contribution in [2.45, 2.75) is 0 Å². The first-order chi connectivity index (χ1) is 7.61. The summed E-state index contributed by atoms with van der Waals surface area (Å²) in [6.07, 6.45) is 0. The predicted molar refractivity (Wildman–Crippen MR) is 67.9 cm³/mol. The Morgan fingerprint density at radius 1 is 1.19 bits per heavy atom. The summed E-state index contributed by atoms with van der Waals surface area (Å²) in [7, 11) is 0. The Bertz CT molecular complexity index is 378. The molecular formula is C10H11IN2O3. The van der Waals surface area contributed by atoms with E-state index >= 15 is 0 Å². The molecule has 16 heavy (non-hydrogen) atoms. The van der Waals surface area contributed by atoms with Crippen LogP contribution >= 0.6 is 22.6 Å². The van der Waals surface area contributed by atoms with Crippen LogP contribution in [0.3, 0.4) is 0 Å². The van der Waals surface area contributed by atoms with E-state index in [0.717, 1.165) is 3.57 Å². The third-order valence-corrected chi connectivity index (χ3v) is 2.44. The molecule has 86 valence electrons. The van der Waals surface area contributed by atoms with Crippen molar-refractivity contribution in [3.8, 4) is 0 Å². The monoisotopic (exact) mass is 334 g/mol. The SMILES string of the molecule is O=C(CO)NCC(=O)Nc1ccc(I)cc1. The topological polar surface area (TPSA) is 78.4 Å². The van der Waals surface area contributed by atoms with Gasteiger partial charge < -0.3 is 15.7 Å². The number of rotatable bonds is 4. The second kappa shape index (κ2) is 6.44. The number of carbonyl (C=O) groups excluding carboxylic acids is 2. The van der Waals surface area contributed by atoms with E-state index in [4.69, 9.17) is 5.11 Å². The number of aliphatic hydroxyl groups excluding tert-OH is 1. The van der Waals surface area contributed by atoms with Crippen LogP contribution in [0.25, 0.3) is 0 Å². The lowest BCUT2D eigenvalue weighted by Gasteiger charge is -2.05. The molecule has 0 unspecified atom stereocenters. The molecule has 0 atom stereocenters. The van der Waals surface area contributed by atoms with E-state index in [-0.39, 0.29) is 12.5 Å². The van der Waals surface area contributed by atoms with Gasteiger partial charge in [-0.15, -0.1) is 0 Å². The number of nitrogens with one attached hydrogen (secondary N) is 2. The van der Waals surface area contributed by atoms with Crippen molar-refractivity contribution in [1.82, 2.24) is 5.32 Å². The third-order valence-electron chi connectivity index (χ3n) is 1.72. The summed E-state index contributed by atoms with van der Waals surface area (Å²) in [5, 5.41) is 13.3. The standard InChI is InChI=1S/C10H11IN2O3/c11-7-1-3-8(4-2-7)13-9(15)5-12-10(16)6-14/h1-4,14H,5-6H2,(H,12,16)(H,13,15). The molecule has 0 bridgehead atoms. The van der Waals surface area contributed by atoms with Crippen LogP contribution in [0, 0.1) is 3.57 Å². The summed E-state index contributed by atoms with van der Waals surface area (Å²) in [4.78, 5) is 22.0. The summed E-state index contributed by atoms with van der Waals surface area (Å²) < 4.78 is 1.07. The van der Waals surface area contributed by atoms with Gasteiger partial charge in [0.05, 0.1) is 6.54 Å². The molecule has 0 saturated heterocycles.